The van der Waals surface area contributed by atoms with E-state index in [0.717, 1.165) is 12.8 Å². The highest BCUT2D eigenvalue weighted by Crippen LogP contribution is 2.16. The van der Waals surface area contributed by atoms with E-state index in [4.69, 9.17) is 4.55 Å². The van der Waals surface area contributed by atoms with Gasteiger partial charge < -0.3 is 0 Å². The maximum atomic E-state index is 10.6. The number of unbranched alkanes of at least 4 members (excludes halogenated alkanes) is 27. The van der Waals surface area contributed by atoms with Gasteiger partial charge in [-0.15, -0.1) is 0 Å². The highest BCUT2D eigenvalue weighted by Gasteiger charge is 1.99. The molecule has 0 radical (unpaired) electrons. The van der Waals surface area contributed by atoms with E-state index in [1.54, 1.807) is 6.08 Å². The van der Waals surface area contributed by atoms with Crippen LogP contribution in [0.15, 0.2) is 12.2 Å². The minimum Gasteiger partial charge on any atom is -0.285 e. The number of rotatable bonds is 30. The van der Waals surface area contributed by atoms with E-state index in [2.05, 4.69) is 6.92 Å². The molecule has 0 aromatic carbocycles. The molecule has 0 fully saturated rings. The van der Waals surface area contributed by atoms with Crippen molar-refractivity contribution >= 4 is 10.1 Å². The molecule has 0 aromatic heterocycles. The lowest BCUT2D eigenvalue weighted by Crippen LogP contribution is -1.99. The van der Waals surface area contributed by atoms with Gasteiger partial charge in [-0.3, -0.25) is 4.55 Å². The molecule has 0 aromatic rings. The van der Waals surface area contributed by atoms with Crippen LogP contribution in [0.25, 0.3) is 0 Å². The monoisotopic (exact) mass is 528 g/mol. The summed E-state index contributed by atoms with van der Waals surface area (Å²) in [6.45, 7) is 2.29. The summed E-state index contributed by atoms with van der Waals surface area (Å²) >= 11 is 0. The summed E-state index contributed by atoms with van der Waals surface area (Å²) in [5.41, 5.74) is 0. The molecule has 36 heavy (non-hydrogen) atoms. The first-order valence-electron chi connectivity index (χ1n) is 16.2. The molecule has 0 heterocycles. The lowest BCUT2D eigenvalue weighted by atomic mass is 10.0. The molecule has 0 amide bonds. The molecule has 0 unspecified atom stereocenters. The standard InChI is InChI=1S/C32H64O3S/c1-2-3-4-5-6-7-8-9-10-11-12-13-14-15-16-17-18-19-20-21-22-23-24-25-26-27-28-29-30-31-32-36(33,34)35/h30-31H,2-29,32H2,1H3,(H,33,34,35)/b31-30+. The maximum absolute atomic E-state index is 10.6. The Morgan fingerprint density at radius 1 is 0.417 bits per heavy atom. The van der Waals surface area contributed by atoms with Crippen molar-refractivity contribution in [3.63, 3.8) is 0 Å². The van der Waals surface area contributed by atoms with Gasteiger partial charge in [0.05, 0.1) is 5.75 Å². The Hall–Kier alpha value is -0.350. The van der Waals surface area contributed by atoms with Crippen molar-refractivity contribution in [3.05, 3.63) is 12.2 Å². The smallest absolute Gasteiger partial charge is 0.268 e. The number of hydrogen-bond donors (Lipinski definition) is 1. The minimum atomic E-state index is -3.84. The van der Waals surface area contributed by atoms with Crippen molar-refractivity contribution in [2.75, 3.05) is 5.75 Å². The molecule has 0 saturated carbocycles. The highest BCUT2D eigenvalue weighted by atomic mass is 32.2. The average Bonchev–Trinajstić information content (AvgIpc) is 2.84. The van der Waals surface area contributed by atoms with Gasteiger partial charge >= 0.3 is 0 Å². The Kier molecular flexibility index (Phi) is 28.9. The molecular weight excluding hydrogens is 464 g/mol. The zero-order valence-corrected chi connectivity index (χ0v) is 25.1. The number of allylic oxidation sites excluding steroid dienone is 1. The van der Waals surface area contributed by atoms with Gasteiger partial charge in [0.25, 0.3) is 10.1 Å². The van der Waals surface area contributed by atoms with Crippen LogP contribution < -0.4 is 0 Å². The van der Waals surface area contributed by atoms with Crippen LogP contribution in [0.2, 0.25) is 0 Å². The zero-order valence-electron chi connectivity index (χ0n) is 24.3. The lowest BCUT2D eigenvalue weighted by molar-refractivity contribution is 0.486. The first-order valence-corrected chi connectivity index (χ1v) is 17.8. The van der Waals surface area contributed by atoms with Gasteiger partial charge in [0.15, 0.2) is 0 Å². The third-order valence-electron chi connectivity index (χ3n) is 7.45. The van der Waals surface area contributed by atoms with E-state index >= 15 is 0 Å². The average molecular weight is 529 g/mol. The minimum absolute atomic E-state index is 0.257. The Bertz CT molecular complexity index is 542. The van der Waals surface area contributed by atoms with Gasteiger partial charge in [-0.2, -0.15) is 8.42 Å². The summed E-state index contributed by atoms with van der Waals surface area (Å²) in [6, 6.07) is 0. The quantitative estimate of drug-likeness (QED) is 0.0573. The number of hydrogen-bond acceptors (Lipinski definition) is 2. The van der Waals surface area contributed by atoms with Crippen LogP contribution in [0.3, 0.4) is 0 Å². The largest absolute Gasteiger partial charge is 0.285 e. The normalized spacial score (nSPS) is 12.2. The molecule has 216 valence electrons. The van der Waals surface area contributed by atoms with E-state index in [1.165, 1.54) is 167 Å². The Morgan fingerprint density at radius 3 is 0.917 bits per heavy atom. The molecule has 0 saturated heterocycles. The first-order chi connectivity index (χ1) is 17.6. The second kappa shape index (κ2) is 29.2. The van der Waals surface area contributed by atoms with Gasteiger partial charge in [-0.05, 0) is 12.8 Å². The van der Waals surface area contributed by atoms with Gasteiger partial charge in [-0.25, -0.2) is 0 Å². The molecule has 0 rings (SSSR count). The van der Waals surface area contributed by atoms with Crippen molar-refractivity contribution in [1.82, 2.24) is 0 Å². The molecule has 0 bridgehead atoms. The lowest BCUT2D eigenvalue weighted by Gasteiger charge is -2.04. The van der Waals surface area contributed by atoms with E-state index in [1.807, 2.05) is 6.08 Å². The van der Waals surface area contributed by atoms with Crippen molar-refractivity contribution < 1.29 is 13.0 Å². The maximum Gasteiger partial charge on any atom is 0.268 e. The fourth-order valence-electron chi connectivity index (χ4n) is 5.06. The Morgan fingerprint density at radius 2 is 0.667 bits per heavy atom. The van der Waals surface area contributed by atoms with Crippen LogP contribution in [-0.2, 0) is 10.1 Å². The predicted molar refractivity (Wildman–Crippen MR) is 161 cm³/mol. The van der Waals surface area contributed by atoms with Gasteiger partial charge in [-0.1, -0.05) is 186 Å². The fraction of sp³-hybridized carbons (Fsp3) is 0.938. The van der Waals surface area contributed by atoms with Crippen LogP contribution in [0.1, 0.15) is 187 Å². The van der Waals surface area contributed by atoms with Crippen LogP contribution in [0, 0.1) is 0 Å². The van der Waals surface area contributed by atoms with E-state index in [-0.39, 0.29) is 5.75 Å². The summed E-state index contributed by atoms with van der Waals surface area (Å²) in [6.07, 6.45) is 42.4. The third-order valence-corrected chi connectivity index (χ3v) is 8.06. The zero-order chi connectivity index (χ0) is 26.4. The third kappa shape index (κ3) is 33.7. The molecule has 4 heteroatoms. The second-order valence-electron chi connectivity index (χ2n) is 11.2. The summed E-state index contributed by atoms with van der Waals surface area (Å²) < 4.78 is 29.8. The Balaban J connectivity index is 3.08. The molecule has 0 aliphatic carbocycles. The molecule has 0 atom stereocenters. The van der Waals surface area contributed by atoms with E-state index < -0.39 is 10.1 Å². The van der Waals surface area contributed by atoms with Crippen molar-refractivity contribution in [2.45, 2.75) is 187 Å². The van der Waals surface area contributed by atoms with Crippen LogP contribution in [0.5, 0.6) is 0 Å². The summed E-state index contributed by atoms with van der Waals surface area (Å²) in [5.74, 6) is -0.257. The summed E-state index contributed by atoms with van der Waals surface area (Å²) in [4.78, 5) is 0. The van der Waals surface area contributed by atoms with Crippen LogP contribution in [0.4, 0.5) is 0 Å². The first kappa shape index (κ1) is 35.6. The summed E-state index contributed by atoms with van der Waals surface area (Å²) in [7, 11) is -3.84. The van der Waals surface area contributed by atoms with Crippen molar-refractivity contribution in [2.24, 2.45) is 0 Å². The van der Waals surface area contributed by atoms with Gasteiger partial charge in [0, 0.05) is 0 Å². The summed E-state index contributed by atoms with van der Waals surface area (Å²) in [5, 5.41) is 0. The van der Waals surface area contributed by atoms with E-state index in [0.29, 0.717) is 0 Å². The van der Waals surface area contributed by atoms with Crippen LogP contribution >= 0.6 is 0 Å². The van der Waals surface area contributed by atoms with Crippen molar-refractivity contribution in [3.8, 4) is 0 Å². The van der Waals surface area contributed by atoms with E-state index in [9.17, 15) is 8.42 Å². The van der Waals surface area contributed by atoms with Gasteiger partial charge in [0.1, 0.15) is 0 Å². The predicted octanol–water partition coefficient (Wildman–Crippen LogP) is 11.4. The van der Waals surface area contributed by atoms with Crippen molar-refractivity contribution in [1.29, 1.82) is 0 Å². The van der Waals surface area contributed by atoms with Gasteiger partial charge in [0.2, 0.25) is 0 Å². The van der Waals surface area contributed by atoms with Crippen LogP contribution in [-0.4, -0.2) is 18.7 Å². The molecule has 0 aliphatic rings. The molecule has 3 nitrogen and oxygen atoms in total. The molecule has 1 N–H and O–H groups in total. The SMILES string of the molecule is CCCCCCCCCCCCCCCCCCCCCCCCCCCCC/C=C/CS(=O)(=O)O. The second-order valence-corrected chi connectivity index (χ2v) is 12.7. The topological polar surface area (TPSA) is 54.4 Å². The molecular formula is C32H64O3S. The molecule has 0 aliphatic heterocycles. The highest BCUT2D eigenvalue weighted by molar-refractivity contribution is 7.85. The fourth-order valence-corrected chi connectivity index (χ4v) is 5.44. The molecule has 0 spiro atoms. The Labute approximate surface area is 227 Å².